The van der Waals surface area contributed by atoms with E-state index in [2.05, 4.69) is 33.4 Å². The number of hydrogen-bond acceptors (Lipinski definition) is 2. The molecule has 0 aliphatic heterocycles. The third kappa shape index (κ3) is 2.27. The molecule has 108 valence electrons. The fourth-order valence-electron chi connectivity index (χ4n) is 2.58. The second-order valence-corrected chi connectivity index (χ2v) is 6.32. The van der Waals surface area contributed by atoms with Crippen molar-refractivity contribution < 1.29 is 4.42 Å². The van der Waals surface area contributed by atoms with Gasteiger partial charge in [0.05, 0.1) is 11.4 Å². The largest absolute Gasteiger partial charge is 0.454 e. The van der Waals surface area contributed by atoms with Gasteiger partial charge in [-0.2, -0.15) is 0 Å². The number of fused-ring (bicyclic) bond motifs is 3. The van der Waals surface area contributed by atoms with Crippen molar-refractivity contribution >= 4 is 60.8 Å². The predicted molar refractivity (Wildman–Crippen MR) is 96.2 cm³/mol. The molecule has 1 N–H and O–H groups in total. The summed E-state index contributed by atoms with van der Waals surface area (Å²) >= 11 is 9.52. The molecule has 4 heteroatoms. The molecule has 0 bridgehead atoms. The van der Waals surface area contributed by atoms with Crippen molar-refractivity contribution in [3.05, 3.63) is 70.2 Å². The highest BCUT2D eigenvalue weighted by Crippen LogP contribution is 2.36. The van der Waals surface area contributed by atoms with E-state index in [-0.39, 0.29) is 0 Å². The van der Waals surface area contributed by atoms with E-state index in [9.17, 15) is 0 Å². The zero-order chi connectivity index (χ0) is 15.1. The van der Waals surface area contributed by atoms with Gasteiger partial charge in [-0.25, -0.2) is 0 Å². The Balaban J connectivity index is 1.88. The first kappa shape index (κ1) is 13.7. The number of para-hydroxylation sites is 2. The van der Waals surface area contributed by atoms with E-state index >= 15 is 0 Å². The maximum atomic E-state index is 6.02. The predicted octanol–water partition coefficient (Wildman–Crippen LogP) is 6.75. The molecule has 4 rings (SSSR count). The molecule has 0 aliphatic rings. The molecule has 0 aliphatic carbocycles. The molecule has 0 radical (unpaired) electrons. The Labute approximate surface area is 140 Å². The van der Waals surface area contributed by atoms with Gasteiger partial charge in [0.1, 0.15) is 5.58 Å². The number of hydrogen-bond donors (Lipinski definition) is 1. The van der Waals surface area contributed by atoms with Crippen LogP contribution in [0, 0.1) is 0 Å². The van der Waals surface area contributed by atoms with Crippen LogP contribution in [0.4, 0.5) is 11.4 Å². The van der Waals surface area contributed by atoms with E-state index in [0.717, 1.165) is 37.8 Å². The van der Waals surface area contributed by atoms with Crippen molar-refractivity contribution in [1.29, 1.82) is 0 Å². The van der Waals surface area contributed by atoms with E-state index in [1.54, 1.807) is 0 Å². The summed E-state index contributed by atoms with van der Waals surface area (Å²) in [7, 11) is 0. The molecule has 22 heavy (non-hydrogen) atoms. The van der Waals surface area contributed by atoms with Gasteiger partial charge in [0.2, 0.25) is 0 Å². The fraction of sp³-hybridized carbons (Fsp3) is 0. The van der Waals surface area contributed by atoms with E-state index in [4.69, 9.17) is 16.0 Å². The Morgan fingerprint density at radius 1 is 0.864 bits per heavy atom. The summed E-state index contributed by atoms with van der Waals surface area (Å²) in [6.45, 7) is 0. The molecule has 0 atom stereocenters. The molecule has 0 amide bonds. The number of furan rings is 1. The third-order valence-corrected chi connectivity index (χ3v) is 4.50. The zero-order valence-electron chi connectivity index (χ0n) is 11.4. The van der Waals surface area contributed by atoms with Gasteiger partial charge in [-0.3, -0.25) is 0 Å². The Morgan fingerprint density at radius 3 is 2.55 bits per heavy atom. The monoisotopic (exact) mass is 371 g/mol. The molecule has 3 aromatic carbocycles. The Morgan fingerprint density at radius 2 is 1.68 bits per heavy atom. The average Bonchev–Trinajstić information content (AvgIpc) is 2.90. The highest BCUT2D eigenvalue weighted by atomic mass is 79.9. The van der Waals surface area contributed by atoms with Gasteiger partial charge in [0.15, 0.2) is 5.58 Å². The summed E-state index contributed by atoms with van der Waals surface area (Å²) in [5, 5.41) is 6.32. The molecular weight excluding hydrogens is 362 g/mol. The maximum absolute atomic E-state index is 6.02. The normalized spacial score (nSPS) is 11.2. The lowest BCUT2D eigenvalue weighted by Gasteiger charge is -2.09. The van der Waals surface area contributed by atoms with Crippen molar-refractivity contribution in [3.8, 4) is 0 Å². The number of halogens is 2. The lowest BCUT2D eigenvalue weighted by atomic mass is 10.1. The van der Waals surface area contributed by atoms with E-state index < -0.39 is 0 Å². The average molecular weight is 373 g/mol. The van der Waals surface area contributed by atoms with E-state index in [1.165, 1.54) is 0 Å². The van der Waals surface area contributed by atoms with Crippen LogP contribution in [0.1, 0.15) is 0 Å². The first-order chi connectivity index (χ1) is 10.7. The number of benzene rings is 3. The third-order valence-electron chi connectivity index (χ3n) is 3.60. The van der Waals surface area contributed by atoms with Gasteiger partial charge < -0.3 is 9.73 Å². The summed E-state index contributed by atoms with van der Waals surface area (Å²) < 4.78 is 6.93. The molecule has 0 fully saturated rings. The van der Waals surface area contributed by atoms with Gasteiger partial charge in [0.25, 0.3) is 0 Å². The SMILES string of the molecule is Clc1ccc(Nc2cccc3c2oc2ccccc23)c(Br)c1. The number of anilines is 2. The fourth-order valence-corrected chi connectivity index (χ4v) is 3.36. The minimum absolute atomic E-state index is 0.694. The second-order valence-electron chi connectivity index (χ2n) is 5.03. The quantitative estimate of drug-likeness (QED) is 0.421. The van der Waals surface area contributed by atoms with Gasteiger partial charge in [-0.1, -0.05) is 41.9 Å². The molecule has 0 saturated carbocycles. The topological polar surface area (TPSA) is 25.2 Å². The molecule has 0 saturated heterocycles. The number of rotatable bonds is 2. The van der Waals surface area contributed by atoms with Crippen LogP contribution in [0.2, 0.25) is 5.02 Å². The van der Waals surface area contributed by atoms with Crippen molar-refractivity contribution in [2.24, 2.45) is 0 Å². The second kappa shape index (κ2) is 5.34. The minimum atomic E-state index is 0.694. The smallest absolute Gasteiger partial charge is 0.158 e. The van der Waals surface area contributed by atoms with Crippen LogP contribution in [0.25, 0.3) is 21.9 Å². The van der Waals surface area contributed by atoms with Gasteiger partial charge in [-0.15, -0.1) is 0 Å². The van der Waals surface area contributed by atoms with Gasteiger partial charge in [-0.05, 0) is 46.3 Å². The molecule has 1 aromatic heterocycles. The zero-order valence-corrected chi connectivity index (χ0v) is 13.8. The molecule has 4 aromatic rings. The maximum Gasteiger partial charge on any atom is 0.158 e. The first-order valence-corrected chi connectivity index (χ1v) is 8.02. The molecule has 2 nitrogen and oxygen atoms in total. The first-order valence-electron chi connectivity index (χ1n) is 6.85. The standard InChI is InChI=1S/C18H11BrClNO/c19-14-10-11(20)8-9-15(14)21-16-6-3-5-13-12-4-1-2-7-17(12)22-18(13)16/h1-10,21H. The van der Waals surface area contributed by atoms with Crippen LogP contribution < -0.4 is 5.32 Å². The summed E-state index contributed by atoms with van der Waals surface area (Å²) in [6.07, 6.45) is 0. The Kier molecular flexibility index (Phi) is 3.32. The number of nitrogens with one attached hydrogen (secondary N) is 1. The molecule has 0 spiro atoms. The molecular formula is C18H11BrClNO. The van der Waals surface area contributed by atoms with Crippen LogP contribution in [0.3, 0.4) is 0 Å². The highest BCUT2D eigenvalue weighted by Gasteiger charge is 2.11. The Bertz CT molecular complexity index is 993. The van der Waals surface area contributed by atoms with Crippen LogP contribution in [0.15, 0.2) is 69.6 Å². The minimum Gasteiger partial charge on any atom is -0.454 e. The summed E-state index contributed by atoms with van der Waals surface area (Å²) in [6, 6.07) is 19.8. The lowest BCUT2D eigenvalue weighted by Crippen LogP contribution is -1.91. The van der Waals surface area contributed by atoms with E-state index in [0.29, 0.717) is 5.02 Å². The van der Waals surface area contributed by atoms with Crippen molar-refractivity contribution in [2.45, 2.75) is 0 Å². The van der Waals surface area contributed by atoms with E-state index in [1.807, 2.05) is 48.5 Å². The van der Waals surface area contributed by atoms with Gasteiger partial charge >= 0.3 is 0 Å². The van der Waals surface area contributed by atoms with Crippen molar-refractivity contribution in [1.82, 2.24) is 0 Å². The highest BCUT2D eigenvalue weighted by molar-refractivity contribution is 9.10. The lowest BCUT2D eigenvalue weighted by molar-refractivity contribution is 0.670. The summed E-state index contributed by atoms with van der Waals surface area (Å²) in [4.78, 5) is 0. The van der Waals surface area contributed by atoms with Gasteiger partial charge in [0, 0.05) is 20.3 Å². The van der Waals surface area contributed by atoms with Crippen LogP contribution in [-0.2, 0) is 0 Å². The van der Waals surface area contributed by atoms with Crippen molar-refractivity contribution in [3.63, 3.8) is 0 Å². The summed E-state index contributed by atoms with van der Waals surface area (Å²) in [5.74, 6) is 0. The molecule has 0 unspecified atom stereocenters. The van der Waals surface area contributed by atoms with Crippen LogP contribution >= 0.6 is 27.5 Å². The van der Waals surface area contributed by atoms with Crippen LogP contribution in [-0.4, -0.2) is 0 Å². The van der Waals surface area contributed by atoms with Crippen molar-refractivity contribution in [2.75, 3.05) is 5.32 Å². The summed E-state index contributed by atoms with van der Waals surface area (Å²) in [5.41, 5.74) is 3.61. The van der Waals surface area contributed by atoms with Crippen LogP contribution in [0.5, 0.6) is 0 Å². The Hall–Kier alpha value is -1.97. The molecule has 1 heterocycles.